The predicted octanol–water partition coefficient (Wildman–Crippen LogP) is 3.77. The average molecular weight is 251 g/mol. The lowest BCUT2D eigenvalue weighted by atomic mass is 10.1. The van der Waals surface area contributed by atoms with Gasteiger partial charge in [0, 0.05) is 11.1 Å². The normalized spacial score (nSPS) is 13.8. The summed E-state index contributed by atoms with van der Waals surface area (Å²) >= 11 is 0. The summed E-state index contributed by atoms with van der Waals surface area (Å²) in [6, 6.07) is 8.20. The van der Waals surface area contributed by atoms with Crippen molar-refractivity contribution < 1.29 is 9.16 Å². The second kappa shape index (κ2) is 5.69. The zero-order chi connectivity index (χ0) is 13.1. The van der Waals surface area contributed by atoms with Crippen molar-refractivity contribution in [2.45, 2.75) is 45.4 Å². The van der Waals surface area contributed by atoms with Crippen LogP contribution in [0.4, 0.5) is 0 Å². The van der Waals surface area contributed by atoms with E-state index in [9.17, 15) is 0 Å². The Morgan fingerprint density at radius 1 is 1.18 bits per heavy atom. The lowest BCUT2D eigenvalue weighted by Gasteiger charge is -2.28. The molecule has 0 spiro atoms. The molecule has 2 nitrogen and oxygen atoms in total. The van der Waals surface area contributed by atoms with E-state index in [0.717, 1.165) is 5.75 Å². The molecule has 1 radical (unpaired) electrons. The molecular weight excluding hydrogens is 228 g/mol. The van der Waals surface area contributed by atoms with Crippen LogP contribution in [0.1, 0.15) is 38.8 Å². The van der Waals surface area contributed by atoms with E-state index in [2.05, 4.69) is 46.4 Å². The van der Waals surface area contributed by atoms with Crippen LogP contribution in [0, 0.1) is 0 Å². The minimum Gasteiger partial charge on any atom is -0.496 e. The molecule has 0 aromatic heterocycles. The van der Waals surface area contributed by atoms with Crippen molar-refractivity contribution in [1.82, 2.24) is 0 Å². The van der Waals surface area contributed by atoms with Crippen LogP contribution in [0.3, 0.4) is 0 Å². The lowest BCUT2D eigenvalue weighted by molar-refractivity contribution is 0.127. The Hall–Kier alpha value is -0.803. The summed E-state index contributed by atoms with van der Waals surface area (Å²) in [5.41, 5.74) is 1.59. The topological polar surface area (TPSA) is 18.5 Å². The molecule has 0 heterocycles. The number of rotatable bonds is 4. The first-order chi connectivity index (χ1) is 7.85. The molecule has 1 aromatic carbocycles. The van der Waals surface area contributed by atoms with E-state index in [0.29, 0.717) is 5.54 Å². The Morgan fingerprint density at radius 3 is 2.29 bits per heavy atom. The van der Waals surface area contributed by atoms with Crippen LogP contribution in [-0.4, -0.2) is 21.8 Å². The minimum atomic E-state index is -0.889. The van der Waals surface area contributed by atoms with Gasteiger partial charge in [-0.15, -0.1) is 0 Å². The molecule has 0 amide bonds. The van der Waals surface area contributed by atoms with Gasteiger partial charge in [-0.3, -0.25) is 0 Å². The number of para-hydroxylation sites is 1. The molecule has 17 heavy (non-hydrogen) atoms. The number of hydrogen-bond acceptors (Lipinski definition) is 2. The first-order valence-corrected chi connectivity index (χ1v) is 7.99. The highest BCUT2D eigenvalue weighted by Gasteiger charge is 2.25. The number of hydrogen-bond donors (Lipinski definition) is 0. The fourth-order valence-corrected chi connectivity index (χ4v) is 3.63. The maximum Gasteiger partial charge on any atom is 0.216 e. The number of methoxy groups -OCH3 is 1. The van der Waals surface area contributed by atoms with Crippen LogP contribution in [0.5, 0.6) is 5.75 Å². The van der Waals surface area contributed by atoms with Gasteiger partial charge in [-0.2, -0.15) is 0 Å². The van der Waals surface area contributed by atoms with Gasteiger partial charge in [0.1, 0.15) is 5.75 Å². The van der Waals surface area contributed by atoms with Crippen LogP contribution in [0.25, 0.3) is 0 Å². The standard InChI is InChI=1S/C14H23O2Si/c1-11(17(6)16-14(2,3)4)12-9-7-8-10-13(12)15-5/h7-11H,1-6H3. The van der Waals surface area contributed by atoms with Gasteiger partial charge in [-0.25, -0.2) is 0 Å². The number of benzene rings is 1. The van der Waals surface area contributed by atoms with Gasteiger partial charge in [0.15, 0.2) is 0 Å². The monoisotopic (exact) mass is 251 g/mol. The van der Waals surface area contributed by atoms with Crippen molar-refractivity contribution >= 4 is 9.04 Å². The molecule has 0 fully saturated rings. The molecular formula is C14H23O2Si. The van der Waals surface area contributed by atoms with Crippen LogP contribution in [0.15, 0.2) is 24.3 Å². The SMILES string of the molecule is COc1ccccc1C(C)[Si](C)OC(C)(C)C. The molecule has 0 bridgehead atoms. The summed E-state index contributed by atoms with van der Waals surface area (Å²) in [6.45, 7) is 10.8. The van der Waals surface area contributed by atoms with Gasteiger partial charge >= 0.3 is 0 Å². The predicted molar refractivity (Wildman–Crippen MR) is 73.9 cm³/mol. The summed E-state index contributed by atoms with van der Waals surface area (Å²) in [7, 11) is 0.831. The smallest absolute Gasteiger partial charge is 0.216 e. The molecule has 0 N–H and O–H groups in total. The highest BCUT2D eigenvalue weighted by atomic mass is 28.3. The maximum atomic E-state index is 6.10. The van der Waals surface area contributed by atoms with E-state index in [-0.39, 0.29) is 5.60 Å². The average Bonchev–Trinajstić information content (AvgIpc) is 2.25. The summed E-state index contributed by atoms with van der Waals surface area (Å²) in [5, 5.41) is 0. The van der Waals surface area contributed by atoms with Crippen molar-refractivity contribution in [2.75, 3.05) is 7.11 Å². The van der Waals surface area contributed by atoms with Gasteiger partial charge in [0.05, 0.1) is 7.11 Å². The molecule has 0 saturated carbocycles. The zero-order valence-electron chi connectivity index (χ0n) is 11.7. The molecule has 0 saturated heterocycles. The molecule has 3 heteroatoms. The fourth-order valence-electron chi connectivity index (χ4n) is 1.81. The highest BCUT2D eigenvalue weighted by molar-refractivity contribution is 6.52. The highest BCUT2D eigenvalue weighted by Crippen LogP contribution is 2.29. The largest absolute Gasteiger partial charge is 0.496 e. The summed E-state index contributed by atoms with van der Waals surface area (Å²) in [6.07, 6.45) is 0. The Balaban J connectivity index is 2.84. The van der Waals surface area contributed by atoms with Gasteiger partial charge in [-0.05, 0) is 38.9 Å². The van der Waals surface area contributed by atoms with E-state index < -0.39 is 9.04 Å². The molecule has 1 atom stereocenters. The fraction of sp³-hybridized carbons (Fsp3) is 0.571. The lowest BCUT2D eigenvalue weighted by Crippen LogP contribution is -2.32. The Kier molecular flexibility index (Phi) is 4.77. The summed E-state index contributed by atoms with van der Waals surface area (Å²) in [4.78, 5) is 0. The third-order valence-electron chi connectivity index (χ3n) is 2.68. The van der Waals surface area contributed by atoms with Crippen molar-refractivity contribution in [1.29, 1.82) is 0 Å². The molecule has 1 aromatic rings. The van der Waals surface area contributed by atoms with E-state index >= 15 is 0 Å². The third-order valence-corrected chi connectivity index (χ3v) is 5.15. The zero-order valence-corrected chi connectivity index (χ0v) is 12.7. The minimum absolute atomic E-state index is 0.0701. The van der Waals surface area contributed by atoms with E-state index in [1.807, 2.05) is 12.1 Å². The van der Waals surface area contributed by atoms with Gasteiger partial charge in [0.2, 0.25) is 9.04 Å². The Morgan fingerprint density at radius 2 is 1.76 bits per heavy atom. The molecule has 0 aliphatic carbocycles. The van der Waals surface area contributed by atoms with Gasteiger partial charge < -0.3 is 9.16 Å². The number of ether oxygens (including phenoxy) is 1. The van der Waals surface area contributed by atoms with Crippen molar-refractivity contribution in [3.8, 4) is 5.75 Å². The van der Waals surface area contributed by atoms with Gasteiger partial charge in [0.25, 0.3) is 0 Å². The van der Waals surface area contributed by atoms with Crippen LogP contribution >= 0.6 is 0 Å². The quantitative estimate of drug-likeness (QED) is 0.758. The second-order valence-corrected chi connectivity index (χ2v) is 7.58. The third kappa shape index (κ3) is 4.17. The Labute approximate surface area is 107 Å². The molecule has 1 rings (SSSR count). The second-order valence-electron chi connectivity index (χ2n) is 5.29. The molecule has 1 unspecified atom stereocenters. The molecule has 0 aliphatic rings. The first kappa shape index (κ1) is 14.3. The van der Waals surface area contributed by atoms with Crippen LogP contribution < -0.4 is 4.74 Å². The summed E-state index contributed by atoms with van der Waals surface area (Å²) < 4.78 is 11.5. The van der Waals surface area contributed by atoms with Crippen LogP contribution in [0.2, 0.25) is 6.55 Å². The van der Waals surface area contributed by atoms with E-state index in [4.69, 9.17) is 9.16 Å². The van der Waals surface area contributed by atoms with Crippen molar-refractivity contribution in [2.24, 2.45) is 0 Å². The van der Waals surface area contributed by atoms with Crippen molar-refractivity contribution in [3.05, 3.63) is 29.8 Å². The molecule has 0 aliphatic heterocycles. The van der Waals surface area contributed by atoms with E-state index in [1.165, 1.54) is 5.56 Å². The maximum absolute atomic E-state index is 6.10. The Bertz CT molecular complexity index is 357. The molecule has 95 valence electrons. The summed E-state index contributed by atoms with van der Waals surface area (Å²) in [5.74, 6) is 0.960. The van der Waals surface area contributed by atoms with Gasteiger partial charge in [-0.1, -0.05) is 25.1 Å². The van der Waals surface area contributed by atoms with Crippen LogP contribution in [-0.2, 0) is 4.43 Å². The van der Waals surface area contributed by atoms with Crippen molar-refractivity contribution in [3.63, 3.8) is 0 Å². The first-order valence-electron chi connectivity index (χ1n) is 6.00. The van der Waals surface area contributed by atoms with E-state index in [1.54, 1.807) is 7.11 Å².